The second kappa shape index (κ2) is 9.49. The molecule has 1 aliphatic rings. The van der Waals surface area contributed by atoms with Gasteiger partial charge in [-0.25, -0.2) is 13.1 Å². The minimum absolute atomic E-state index is 0.225. The average molecular weight is 404 g/mol. The SMILES string of the molecule is CCOc1ccc(C)cc1S(=O)(=O)NCC1CCN(Cc2cccnc2)CC1. The molecule has 1 aromatic carbocycles. The van der Waals surface area contributed by atoms with E-state index in [0.717, 1.165) is 38.0 Å². The predicted octanol–water partition coefficient (Wildman–Crippen LogP) is 2.98. The summed E-state index contributed by atoms with van der Waals surface area (Å²) in [5.74, 6) is 0.757. The molecule has 0 amide bonds. The van der Waals surface area contributed by atoms with Gasteiger partial charge in [-0.1, -0.05) is 12.1 Å². The lowest BCUT2D eigenvalue weighted by Gasteiger charge is -2.32. The van der Waals surface area contributed by atoms with Crippen LogP contribution < -0.4 is 9.46 Å². The van der Waals surface area contributed by atoms with Crippen molar-refractivity contribution in [2.24, 2.45) is 5.92 Å². The van der Waals surface area contributed by atoms with Crippen molar-refractivity contribution in [1.82, 2.24) is 14.6 Å². The lowest BCUT2D eigenvalue weighted by molar-refractivity contribution is 0.178. The second-order valence-electron chi connectivity index (χ2n) is 7.32. The van der Waals surface area contributed by atoms with E-state index in [1.165, 1.54) is 5.56 Å². The van der Waals surface area contributed by atoms with Gasteiger partial charge < -0.3 is 4.74 Å². The monoisotopic (exact) mass is 403 g/mol. The maximum absolute atomic E-state index is 12.8. The molecular formula is C21H29N3O3S. The van der Waals surface area contributed by atoms with Crippen molar-refractivity contribution in [2.75, 3.05) is 26.2 Å². The summed E-state index contributed by atoms with van der Waals surface area (Å²) < 4.78 is 33.9. The highest BCUT2D eigenvalue weighted by Crippen LogP contribution is 2.26. The normalized spacial score (nSPS) is 16.2. The summed E-state index contributed by atoms with van der Waals surface area (Å²) in [6, 6.07) is 9.31. The highest BCUT2D eigenvalue weighted by atomic mass is 32.2. The summed E-state index contributed by atoms with van der Waals surface area (Å²) in [6.07, 6.45) is 5.65. The van der Waals surface area contributed by atoms with Gasteiger partial charge in [-0.15, -0.1) is 0 Å². The topological polar surface area (TPSA) is 71.5 Å². The van der Waals surface area contributed by atoms with Crippen molar-refractivity contribution in [1.29, 1.82) is 0 Å². The Balaban J connectivity index is 1.54. The van der Waals surface area contributed by atoms with Crippen LogP contribution in [-0.4, -0.2) is 44.5 Å². The highest BCUT2D eigenvalue weighted by molar-refractivity contribution is 7.89. The van der Waals surface area contributed by atoms with Gasteiger partial charge in [0.15, 0.2) is 0 Å². The van der Waals surface area contributed by atoms with Crippen molar-refractivity contribution in [3.05, 3.63) is 53.9 Å². The molecule has 0 spiro atoms. The maximum atomic E-state index is 12.8. The third kappa shape index (κ3) is 5.53. The number of nitrogens with zero attached hydrogens (tertiary/aromatic N) is 2. The molecule has 28 heavy (non-hydrogen) atoms. The first kappa shape index (κ1) is 20.8. The molecule has 1 N–H and O–H groups in total. The Morgan fingerprint density at radius 2 is 2.04 bits per heavy atom. The van der Waals surface area contributed by atoms with Crippen LogP contribution in [0.3, 0.4) is 0 Å². The summed E-state index contributed by atoms with van der Waals surface area (Å²) in [5.41, 5.74) is 2.11. The first-order valence-corrected chi connectivity index (χ1v) is 11.3. The lowest BCUT2D eigenvalue weighted by atomic mass is 9.97. The van der Waals surface area contributed by atoms with E-state index in [1.54, 1.807) is 18.3 Å². The van der Waals surface area contributed by atoms with Crippen LogP contribution in [0.25, 0.3) is 0 Å². The Kier molecular flexibility index (Phi) is 7.04. The van der Waals surface area contributed by atoms with Crippen LogP contribution in [0.4, 0.5) is 0 Å². The third-order valence-corrected chi connectivity index (χ3v) is 6.53. The molecule has 0 saturated carbocycles. The Labute approximate surface area is 168 Å². The second-order valence-corrected chi connectivity index (χ2v) is 9.05. The van der Waals surface area contributed by atoms with Crippen LogP contribution in [0.2, 0.25) is 0 Å². The summed E-state index contributed by atoms with van der Waals surface area (Å²) in [6.45, 7) is 7.46. The number of ether oxygens (including phenoxy) is 1. The Bertz CT molecular complexity index is 864. The van der Waals surface area contributed by atoms with E-state index in [9.17, 15) is 8.42 Å². The first-order valence-electron chi connectivity index (χ1n) is 9.82. The van der Waals surface area contributed by atoms with Gasteiger partial charge >= 0.3 is 0 Å². The number of nitrogens with one attached hydrogen (secondary N) is 1. The van der Waals surface area contributed by atoms with E-state index in [1.807, 2.05) is 32.2 Å². The standard InChI is InChI=1S/C21H29N3O3S/c1-3-27-20-7-6-17(2)13-21(20)28(25,26)23-15-18-8-11-24(12-9-18)16-19-5-4-10-22-14-19/h4-7,10,13-14,18,23H,3,8-9,11-12,15-16H2,1-2H3. The zero-order chi connectivity index (χ0) is 20.0. The number of pyridine rings is 1. The third-order valence-electron chi connectivity index (χ3n) is 5.09. The molecule has 1 fully saturated rings. The molecule has 2 heterocycles. The van der Waals surface area contributed by atoms with Gasteiger partial charge in [-0.2, -0.15) is 0 Å². The molecule has 1 aromatic heterocycles. The van der Waals surface area contributed by atoms with Crippen molar-refractivity contribution in [3.8, 4) is 5.75 Å². The summed E-state index contributed by atoms with van der Waals surface area (Å²) in [7, 11) is -3.59. The maximum Gasteiger partial charge on any atom is 0.244 e. The minimum atomic E-state index is -3.59. The molecule has 0 aliphatic carbocycles. The van der Waals surface area contributed by atoms with Gasteiger partial charge in [0, 0.05) is 25.5 Å². The number of rotatable bonds is 8. The minimum Gasteiger partial charge on any atom is -0.492 e. The van der Waals surface area contributed by atoms with E-state index < -0.39 is 10.0 Å². The number of aromatic nitrogens is 1. The highest BCUT2D eigenvalue weighted by Gasteiger charge is 2.24. The quantitative estimate of drug-likeness (QED) is 0.734. The largest absolute Gasteiger partial charge is 0.492 e. The molecule has 7 heteroatoms. The first-order chi connectivity index (χ1) is 13.5. The van der Waals surface area contributed by atoms with Gasteiger partial charge in [0.1, 0.15) is 10.6 Å². The fraction of sp³-hybridized carbons (Fsp3) is 0.476. The van der Waals surface area contributed by atoms with E-state index in [4.69, 9.17) is 4.74 Å². The van der Waals surface area contributed by atoms with Crippen LogP contribution in [0.1, 0.15) is 30.9 Å². The average Bonchev–Trinajstić information content (AvgIpc) is 2.70. The predicted molar refractivity (Wildman–Crippen MR) is 110 cm³/mol. The van der Waals surface area contributed by atoms with Gasteiger partial charge in [-0.3, -0.25) is 9.88 Å². The number of aryl methyl sites for hydroxylation is 1. The Morgan fingerprint density at radius 3 is 2.71 bits per heavy atom. The van der Waals surface area contributed by atoms with Gasteiger partial charge in [0.2, 0.25) is 10.0 Å². The van der Waals surface area contributed by atoms with E-state index in [-0.39, 0.29) is 4.90 Å². The van der Waals surface area contributed by atoms with E-state index in [0.29, 0.717) is 24.8 Å². The number of benzene rings is 1. The zero-order valence-corrected chi connectivity index (χ0v) is 17.4. The molecular weight excluding hydrogens is 374 g/mol. The van der Waals surface area contributed by atoms with Crippen molar-refractivity contribution in [2.45, 2.75) is 38.1 Å². The number of piperidine rings is 1. The summed E-state index contributed by atoms with van der Waals surface area (Å²) in [4.78, 5) is 6.79. The Hall–Kier alpha value is -1.96. The molecule has 0 atom stereocenters. The molecule has 0 unspecified atom stereocenters. The molecule has 2 aromatic rings. The number of hydrogen-bond acceptors (Lipinski definition) is 5. The summed E-state index contributed by atoms with van der Waals surface area (Å²) >= 11 is 0. The molecule has 0 bridgehead atoms. The van der Waals surface area contributed by atoms with Gasteiger partial charge in [0.05, 0.1) is 6.61 Å². The number of sulfonamides is 1. The number of likely N-dealkylation sites (tertiary alicyclic amines) is 1. The van der Waals surface area contributed by atoms with Crippen LogP contribution in [-0.2, 0) is 16.6 Å². The Morgan fingerprint density at radius 1 is 1.25 bits per heavy atom. The van der Waals surface area contributed by atoms with Crippen molar-refractivity contribution < 1.29 is 13.2 Å². The fourth-order valence-electron chi connectivity index (χ4n) is 3.50. The molecule has 1 aliphatic heterocycles. The summed E-state index contributed by atoms with van der Waals surface area (Å²) in [5, 5.41) is 0. The van der Waals surface area contributed by atoms with Crippen molar-refractivity contribution in [3.63, 3.8) is 0 Å². The molecule has 0 radical (unpaired) electrons. The van der Waals surface area contributed by atoms with Gasteiger partial charge in [0.25, 0.3) is 0 Å². The van der Waals surface area contributed by atoms with Crippen LogP contribution in [0.15, 0.2) is 47.6 Å². The molecule has 1 saturated heterocycles. The van der Waals surface area contributed by atoms with Crippen LogP contribution in [0.5, 0.6) is 5.75 Å². The molecule has 152 valence electrons. The lowest BCUT2D eigenvalue weighted by Crippen LogP contribution is -2.38. The molecule has 3 rings (SSSR count). The zero-order valence-electron chi connectivity index (χ0n) is 16.6. The van der Waals surface area contributed by atoms with E-state index in [2.05, 4.69) is 20.7 Å². The van der Waals surface area contributed by atoms with Crippen LogP contribution >= 0.6 is 0 Å². The van der Waals surface area contributed by atoms with E-state index >= 15 is 0 Å². The van der Waals surface area contributed by atoms with Gasteiger partial charge in [-0.05, 0) is 75.0 Å². The van der Waals surface area contributed by atoms with Crippen molar-refractivity contribution >= 4 is 10.0 Å². The number of hydrogen-bond donors (Lipinski definition) is 1. The molecule has 6 nitrogen and oxygen atoms in total. The smallest absolute Gasteiger partial charge is 0.244 e. The fourth-order valence-corrected chi connectivity index (χ4v) is 4.85. The van der Waals surface area contributed by atoms with Crippen LogP contribution in [0, 0.1) is 12.8 Å².